The van der Waals surface area contributed by atoms with Gasteiger partial charge in [-0.3, -0.25) is 4.99 Å². The molecule has 2 aromatic rings. The number of anilines is 1. The first-order valence-corrected chi connectivity index (χ1v) is 8.32. The summed E-state index contributed by atoms with van der Waals surface area (Å²) in [6.45, 7) is 4.16. The fraction of sp³-hybridized carbons (Fsp3) is 0.353. The highest BCUT2D eigenvalue weighted by atomic mass is 127. The zero-order valence-corrected chi connectivity index (χ0v) is 16.1. The molecule has 0 saturated carbocycles. The van der Waals surface area contributed by atoms with Gasteiger partial charge in [-0.2, -0.15) is 11.3 Å². The van der Waals surface area contributed by atoms with Crippen LogP contribution in [0.2, 0.25) is 0 Å². The van der Waals surface area contributed by atoms with Gasteiger partial charge in [-0.05, 0) is 46.4 Å². The number of halogens is 1. The molecule has 0 fully saturated rings. The Balaban J connectivity index is 0.00000176. The number of guanidine groups is 1. The molecule has 1 N–H and O–H groups in total. The molecular weight excluding hydrogens is 405 g/mol. The van der Waals surface area contributed by atoms with Gasteiger partial charge in [-0.25, -0.2) is 0 Å². The Morgan fingerprint density at radius 2 is 2.18 bits per heavy atom. The first-order chi connectivity index (χ1) is 10.3. The topological polar surface area (TPSA) is 27.6 Å². The van der Waals surface area contributed by atoms with Gasteiger partial charge in [0.1, 0.15) is 0 Å². The second-order valence-corrected chi connectivity index (χ2v) is 6.20. The lowest BCUT2D eigenvalue weighted by Crippen LogP contribution is -2.41. The SMILES string of the molecule is CN=C(NCC(C)c1ccsc1)N1CCc2ccccc21.I. The van der Waals surface area contributed by atoms with E-state index in [4.69, 9.17) is 0 Å². The van der Waals surface area contributed by atoms with E-state index in [-0.39, 0.29) is 24.0 Å². The highest BCUT2D eigenvalue weighted by Gasteiger charge is 2.22. The summed E-state index contributed by atoms with van der Waals surface area (Å²) in [5.41, 5.74) is 4.09. The summed E-state index contributed by atoms with van der Waals surface area (Å²) in [5, 5.41) is 7.88. The molecule has 2 heterocycles. The predicted octanol–water partition coefficient (Wildman–Crippen LogP) is 4.11. The fourth-order valence-electron chi connectivity index (χ4n) is 2.77. The molecule has 118 valence electrons. The Morgan fingerprint density at radius 1 is 1.36 bits per heavy atom. The van der Waals surface area contributed by atoms with Crippen LogP contribution in [0.3, 0.4) is 0 Å². The minimum absolute atomic E-state index is 0. The number of nitrogens with zero attached hydrogens (tertiary/aromatic N) is 2. The van der Waals surface area contributed by atoms with Gasteiger partial charge in [0.25, 0.3) is 0 Å². The van der Waals surface area contributed by atoms with Crippen LogP contribution < -0.4 is 10.2 Å². The van der Waals surface area contributed by atoms with E-state index in [0.29, 0.717) is 5.92 Å². The largest absolute Gasteiger partial charge is 0.355 e. The lowest BCUT2D eigenvalue weighted by Gasteiger charge is -2.23. The monoisotopic (exact) mass is 427 g/mol. The Labute approximate surface area is 153 Å². The Morgan fingerprint density at radius 3 is 2.91 bits per heavy atom. The van der Waals surface area contributed by atoms with Crippen molar-refractivity contribution >= 4 is 47.0 Å². The van der Waals surface area contributed by atoms with E-state index in [2.05, 4.69) is 63.2 Å². The summed E-state index contributed by atoms with van der Waals surface area (Å²) < 4.78 is 0. The molecule has 5 heteroatoms. The summed E-state index contributed by atoms with van der Waals surface area (Å²) in [5.74, 6) is 1.47. The smallest absolute Gasteiger partial charge is 0.198 e. The fourth-order valence-corrected chi connectivity index (χ4v) is 3.55. The summed E-state index contributed by atoms with van der Waals surface area (Å²) in [7, 11) is 1.86. The van der Waals surface area contributed by atoms with Crippen LogP contribution in [-0.4, -0.2) is 26.1 Å². The first kappa shape index (κ1) is 17.3. The summed E-state index contributed by atoms with van der Waals surface area (Å²) in [6.07, 6.45) is 1.09. The van der Waals surface area contributed by atoms with Crippen molar-refractivity contribution in [2.24, 2.45) is 4.99 Å². The predicted molar refractivity (Wildman–Crippen MR) is 107 cm³/mol. The van der Waals surface area contributed by atoms with E-state index in [1.807, 2.05) is 7.05 Å². The van der Waals surface area contributed by atoms with Gasteiger partial charge in [-0.15, -0.1) is 24.0 Å². The molecule has 0 bridgehead atoms. The van der Waals surface area contributed by atoms with E-state index in [9.17, 15) is 0 Å². The van der Waals surface area contributed by atoms with Crippen LogP contribution in [0.15, 0.2) is 46.1 Å². The number of nitrogens with one attached hydrogen (secondary N) is 1. The molecule has 1 aromatic heterocycles. The van der Waals surface area contributed by atoms with Gasteiger partial charge < -0.3 is 10.2 Å². The maximum atomic E-state index is 4.46. The summed E-state index contributed by atoms with van der Waals surface area (Å²) >= 11 is 1.76. The maximum absolute atomic E-state index is 4.46. The molecule has 1 atom stereocenters. The third-order valence-electron chi connectivity index (χ3n) is 4.03. The van der Waals surface area contributed by atoms with Crippen molar-refractivity contribution in [3.8, 4) is 0 Å². The summed E-state index contributed by atoms with van der Waals surface area (Å²) in [4.78, 5) is 6.74. The Hall–Kier alpha value is -1.08. The first-order valence-electron chi connectivity index (χ1n) is 7.38. The minimum Gasteiger partial charge on any atom is -0.355 e. The number of para-hydroxylation sites is 1. The number of rotatable bonds is 3. The maximum Gasteiger partial charge on any atom is 0.198 e. The molecule has 1 aliphatic heterocycles. The average Bonchev–Trinajstić information content (AvgIpc) is 3.17. The van der Waals surface area contributed by atoms with E-state index in [1.54, 1.807) is 11.3 Å². The molecule has 1 aromatic carbocycles. The van der Waals surface area contributed by atoms with E-state index >= 15 is 0 Å². The van der Waals surface area contributed by atoms with Gasteiger partial charge in [-0.1, -0.05) is 25.1 Å². The van der Waals surface area contributed by atoms with E-state index in [1.165, 1.54) is 16.8 Å². The zero-order valence-electron chi connectivity index (χ0n) is 13.0. The van der Waals surface area contributed by atoms with Gasteiger partial charge in [0.15, 0.2) is 5.96 Å². The second kappa shape index (κ2) is 7.97. The number of thiophene rings is 1. The highest BCUT2D eigenvalue weighted by Crippen LogP contribution is 2.27. The van der Waals surface area contributed by atoms with Crippen molar-refractivity contribution in [1.82, 2.24) is 5.32 Å². The standard InChI is InChI=1S/C17H21N3S.HI/c1-13(15-8-10-21-12-15)11-19-17(18-2)20-9-7-14-5-3-4-6-16(14)20;/h3-6,8,10,12-13H,7,9,11H2,1-2H3,(H,18,19);1H. The van der Waals surface area contributed by atoms with Gasteiger partial charge >= 0.3 is 0 Å². The lowest BCUT2D eigenvalue weighted by molar-refractivity contribution is 0.713. The average molecular weight is 427 g/mol. The third-order valence-corrected chi connectivity index (χ3v) is 4.73. The molecule has 3 rings (SSSR count). The van der Waals surface area contributed by atoms with Crippen LogP contribution in [0, 0.1) is 0 Å². The number of hydrogen-bond acceptors (Lipinski definition) is 2. The van der Waals surface area contributed by atoms with Crippen molar-refractivity contribution < 1.29 is 0 Å². The second-order valence-electron chi connectivity index (χ2n) is 5.42. The van der Waals surface area contributed by atoms with Gasteiger partial charge in [0, 0.05) is 25.8 Å². The van der Waals surface area contributed by atoms with Crippen LogP contribution in [0.1, 0.15) is 24.0 Å². The minimum atomic E-state index is 0. The number of fused-ring (bicyclic) bond motifs is 1. The molecular formula is C17H22IN3S. The zero-order chi connectivity index (χ0) is 14.7. The van der Waals surface area contributed by atoms with Crippen LogP contribution in [-0.2, 0) is 6.42 Å². The molecule has 0 saturated heterocycles. The number of benzene rings is 1. The quantitative estimate of drug-likeness (QED) is 0.454. The van der Waals surface area contributed by atoms with E-state index in [0.717, 1.165) is 25.5 Å². The third kappa shape index (κ3) is 3.63. The number of aliphatic imine (C=N–C) groups is 1. The molecule has 0 aliphatic carbocycles. The molecule has 0 spiro atoms. The summed E-state index contributed by atoms with van der Waals surface area (Å²) in [6, 6.07) is 10.8. The molecule has 0 amide bonds. The van der Waals surface area contributed by atoms with E-state index < -0.39 is 0 Å². The van der Waals surface area contributed by atoms with Crippen LogP contribution in [0.5, 0.6) is 0 Å². The van der Waals surface area contributed by atoms with Gasteiger partial charge in [0.05, 0.1) is 0 Å². The van der Waals surface area contributed by atoms with Crippen molar-refractivity contribution in [3.05, 3.63) is 52.2 Å². The van der Waals surface area contributed by atoms with Crippen molar-refractivity contribution in [2.45, 2.75) is 19.3 Å². The molecule has 1 aliphatic rings. The molecule has 0 radical (unpaired) electrons. The normalized spacial score (nSPS) is 15.2. The van der Waals surface area contributed by atoms with Gasteiger partial charge in [0.2, 0.25) is 0 Å². The Bertz CT molecular complexity index is 625. The van der Waals surface area contributed by atoms with Crippen molar-refractivity contribution in [2.75, 3.05) is 25.0 Å². The Kier molecular flexibility index (Phi) is 6.26. The van der Waals surface area contributed by atoms with Crippen LogP contribution >= 0.6 is 35.3 Å². The van der Waals surface area contributed by atoms with Crippen LogP contribution in [0.25, 0.3) is 0 Å². The van der Waals surface area contributed by atoms with Crippen LogP contribution in [0.4, 0.5) is 5.69 Å². The van der Waals surface area contributed by atoms with Crippen molar-refractivity contribution in [3.63, 3.8) is 0 Å². The molecule has 1 unspecified atom stereocenters. The lowest BCUT2D eigenvalue weighted by atomic mass is 10.1. The highest BCUT2D eigenvalue weighted by molar-refractivity contribution is 14.0. The number of hydrogen-bond donors (Lipinski definition) is 1. The van der Waals surface area contributed by atoms with Crippen molar-refractivity contribution in [1.29, 1.82) is 0 Å². The molecule has 3 nitrogen and oxygen atoms in total. The molecule has 22 heavy (non-hydrogen) atoms.